The molecule has 0 heterocycles. The van der Waals surface area contributed by atoms with Gasteiger partial charge in [-0.3, -0.25) is 19.6 Å². The van der Waals surface area contributed by atoms with Gasteiger partial charge in [-0.25, -0.2) is 5.06 Å². The SMILES string of the molecule is CN=C/C=C\N=C(C)C(=O)N(C)OC. The quantitative estimate of drug-likeness (QED) is 0.491. The molecule has 0 aliphatic rings. The molecule has 0 saturated heterocycles. The zero-order valence-corrected chi connectivity index (χ0v) is 8.89. The summed E-state index contributed by atoms with van der Waals surface area (Å²) in [6.45, 7) is 1.62. The predicted molar refractivity (Wildman–Crippen MR) is 56.4 cm³/mol. The Kier molecular flexibility index (Phi) is 6.22. The second-order valence-corrected chi connectivity index (χ2v) is 2.45. The number of allylic oxidation sites excluding steroid dienone is 1. The maximum absolute atomic E-state index is 11.3. The van der Waals surface area contributed by atoms with Gasteiger partial charge in [0, 0.05) is 26.5 Å². The topological polar surface area (TPSA) is 54.3 Å². The van der Waals surface area contributed by atoms with Gasteiger partial charge in [0.2, 0.25) is 0 Å². The third kappa shape index (κ3) is 4.51. The Bertz CT molecular complexity index is 269. The first-order valence-electron chi connectivity index (χ1n) is 4.07. The molecule has 0 unspecified atom stereocenters. The van der Waals surface area contributed by atoms with Crippen LogP contribution in [0.3, 0.4) is 0 Å². The van der Waals surface area contributed by atoms with Crippen LogP contribution in [0.4, 0.5) is 0 Å². The van der Waals surface area contributed by atoms with Crippen LogP contribution in [0.25, 0.3) is 0 Å². The van der Waals surface area contributed by atoms with Crippen LogP contribution in [-0.4, -0.2) is 44.1 Å². The van der Waals surface area contributed by atoms with E-state index in [0.29, 0.717) is 5.71 Å². The van der Waals surface area contributed by atoms with E-state index in [1.54, 1.807) is 26.3 Å². The van der Waals surface area contributed by atoms with Crippen LogP contribution in [0.5, 0.6) is 0 Å². The predicted octanol–water partition coefficient (Wildman–Crippen LogP) is 0.681. The largest absolute Gasteiger partial charge is 0.296 e. The summed E-state index contributed by atoms with van der Waals surface area (Å²) >= 11 is 0. The van der Waals surface area contributed by atoms with Crippen molar-refractivity contribution >= 4 is 17.8 Å². The van der Waals surface area contributed by atoms with E-state index in [1.807, 2.05) is 0 Å². The Morgan fingerprint density at radius 2 is 2.14 bits per heavy atom. The summed E-state index contributed by atoms with van der Waals surface area (Å²) in [5.74, 6) is -0.273. The minimum atomic E-state index is -0.273. The van der Waals surface area contributed by atoms with Crippen LogP contribution >= 0.6 is 0 Å². The number of carbonyl (C=O) groups excluding carboxylic acids is 1. The fraction of sp³-hybridized carbons (Fsp3) is 0.444. The van der Waals surface area contributed by atoms with Crippen molar-refractivity contribution in [1.82, 2.24) is 5.06 Å². The van der Waals surface area contributed by atoms with E-state index in [0.717, 1.165) is 5.06 Å². The number of hydrogen-bond donors (Lipinski definition) is 0. The molecule has 0 rings (SSSR count). The molecule has 0 spiro atoms. The third-order valence-corrected chi connectivity index (χ3v) is 1.46. The average Bonchev–Trinajstić information content (AvgIpc) is 2.21. The lowest BCUT2D eigenvalue weighted by Crippen LogP contribution is -2.30. The Balaban J connectivity index is 4.30. The summed E-state index contributed by atoms with van der Waals surface area (Å²) in [5, 5.41) is 1.11. The Morgan fingerprint density at radius 1 is 1.50 bits per heavy atom. The van der Waals surface area contributed by atoms with Crippen LogP contribution in [0, 0.1) is 0 Å². The summed E-state index contributed by atoms with van der Waals surface area (Å²) in [6, 6.07) is 0. The minimum absolute atomic E-state index is 0.273. The summed E-state index contributed by atoms with van der Waals surface area (Å²) in [6.07, 6.45) is 4.73. The van der Waals surface area contributed by atoms with Gasteiger partial charge in [0.15, 0.2) is 0 Å². The Labute approximate surface area is 83.7 Å². The maximum atomic E-state index is 11.3. The smallest absolute Gasteiger partial charge is 0.291 e. The number of rotatable bonds is 4. The van der Waals surface area contributed by atoms with E-state index < -0.39 is 0 Å². The highest BCUT2D eigenvalue weighted by molar-refractivity contribution is 6.37. The molecule has 0 radical (unpaired) electrons. The highest BCUT2D eigenvalue weighted by Crippen LogP contribution is 1.89. The molecule has 5 heteroatoms. The number of hydrogen-bond acceptors (Lipinski definition) is 4. The van der Waals surface area contributed by atoms with Gasteiger partial charge in [0.05, 0.1) is 7.11 Å². The molecule has 0 N–H and O–H groups in total. The summed E-state index contributed by atoms with van der Waals surface area (Å²) in [4.78, 5) is 23.7. The van der Waals surface area contributed by atoms with Crippen molar-refractivity contribution in [3.8, 4) is 0 Å². The van der Waals surface area contributed by atoms with E-state index in [2.05, 4.69) is 9.98 Å². The van der Waals surface area contributed by atoms with Crippen LogP contribution < -0.4 is 0 Å². The van der Waals surface area contributed by atoms with E-state index >= 15 is 0 Å². The number of amides is 1. The molecule has 0 aromatic carbocycles. The van der Waals surface area contributed by atoms with Gasteiger partial charge in [-0.05, 0) is 13.0 Å². The lowest BCUT2D eigenvalue weighted by Gasteiger charge is -2.12. The van der Waals surface area contributed by atoms with Gasteiger partial charge >= 0.3 is 0 Å². The number of hydroxylamine groups is 2. The van der Waals surface area contributed by atoms with Crippen molar-refractivity contribution in [1.29, 1.82) is 0 Å². The van der Waals surface area contributed by atoms with Gasteiger partial charge in [-0.2, -0.15) is 0 Å². The molecule has 0 aliphatic heterocycles. The zero-order chi connectivity index (χ0) is 11.0. The molecule has 14 heavy (non-hydrogen) atoms. The lowest BCUT2D eigenvalue weighted by molar-refractivity contribution is -0.160. The molecule has 1 amide bonds. The van der Waals surface area contributed by atoms with E-state index in [-0.39, 0.29) is 5.91 Å². The maximum Gasteiger partial charge on any atom is 0.291 e. The Morgan fingerprint density at radius 3 is 2.64 bits per heavy atom. The van der Waals surface area contributed by atoms with Gasteiger partial charge in [-0.15, -0.1) is 0 Å². The Hall–Kier alpha value is -1.49. The number of aliphatic imine (C=N–C) groups is 2. The normalized spacial score (nSPS) is 12.7. The molecule has 0 saturated carbocycles. The molecule has 0 atom stereocenters. The molecule has 0 aromatic rings. The van der Waals surface area contributed by atoms with E-state index in [9.17, 15) is 4.79 Å². The van der Waals surface area contributed by atoms with Crippen LogP contribution in [0.1, 0.15) is 6.92 Å². The molecular formula is C9H15N3O2. The summed E-state index contributed by atoms with van der Waals surface area (Å²) in [5.41, 5.74) is 0.357. The van der Waals surface area contributed by atoms with Crippen molar-refractivity contribution in [3.63, 3.8) is 0 Å². The second-order valence-electron chi connectivity index (χ2n) is 2.45. The number of nitrogens with zero attached hydrogens (tertiary/aromatic N) is 3. The van der Waals surface area contributed by atoms with Crippen molar-refractivity contribution in [3.05, 3.63) is 12.3 Å². The van der Waals surface area contributed by atoms with Crippen molar-refractivity contribution in [2.45, 2.75) is 6.92 Å². The van der Waals surface area contributed by atoms with Gasteiger partial charge in [-0.1, -0.05) is 0 Å². The third-order valence-electron chi connectivity index (χ3n) is 1.46. The molecule has 0 fully saturated rings. The van der Waals surface area contributed by atoms with E-state index in [4.69, 9.17) is 4.84 Å². The van der Waals surface area contributed by atoms with Gasteiger partial charge in [0.1, 0.15) is 5.71 Å². The molecule has 78 valence electrons. The first kappa shape index (κ1) is 12.5. The highest BCUT2D eigenvalue weighted by Gasteiger charge is 2.10. The number of carbonyl (C=O) groups is 1. The summed E-state index contributed by atoms with van der Waals surface area (Å²) < 4.78 is 0. The molecule has 0 aromatic heterocycles. The zero-order valence-electron chi connectivity index (χ0n) is 8.89. The standard InChI is InChI=1S/C9H15N3O2/c1-8(9(13)12(3)14-4)11-7-5-6-10-2/h5-7H,1-4H3/b7-5-,10-6?,11-8?. The van der Waals surface area contributed by atoms with Crippen molar-refractivity contribution < 1.29 is 9.63 Å². The minimum Gasteiger partial charge on any atom is -0.296 e. The van der Waals surface area contributed by atoms with E-state index in [1.165, 1.54) is 20.4 Å². The van der Waals surface area contributed by atoms with Gasteiger partial charge in [0.25, 0.3) is 5.91 Å². The fourth-order valence-electron chi connectivity index (χ4n) is 0.645. The first-order valence-corrected chi connectivity index (χ1v) is 4.07. The van der Waals surface area contributed by atoms with Crippen LogP contribution in [0.2, 0.25) is 0 Å². The molecule has 0 aliphatic carbocycles. The molecule has 5 nitrogen and oxygen atoms in total. The van der Waals surface area contributed by atoms with Crippen LogP contribution in [-0.2, 0) is 9.63 Å². The van der Waals surface area contributed by atoms with Crippen LogP contribution in [0.15, 0.2) is 22.3 Å². The monoisotopic (exact) mass is 197 g/mol. The second kappa shape index (κ2) is 6.97. The fourth-order valence-corrected chi connectivity index (χ4v) is 0.645. The first-order chi connectivity index (χ1) is 6.63. The van der Waals surface area contributed by atoms with Gasteiger partial charge < -0.3 is 0 Å². The highest BCUT2D eigenvalue weighted by atomic mass is 16.7. The van der Waals surface area contributed by atoms with Crippen molar-refractivity contribution in [2.24, 2.45) is 9.98 Å². The molecular weight excluding hydrogens is 182 g/mol. The lowest BCUT2D eigenvalue weighted by atomic mass is 10.4. The average molecular weight is 197 g/mol. The van der Waals surface area contributed by atoms with Crippen molar-refractivity contribution in [2.75, 3.05) is 21.2 Å². The molecule has 0 bridgehead atoms. The summed E-state index contributed by atoms with van der Waals surface area (Å²) in [7, 11) is 4.61.